The number of ether oxygens (including phenoxy) is 2. The molecule has 0 bridgehead atoms. The fraction of sp³-hybridized carbons (Fsp3) is 0.400. The summed E-state index contributed by atoms with van der Waals surface area (Å²) in [6, 6.07) is 10.3. The molecule has 1 aromatic carbocycles. The summed E-state index contributed by atoms with van der Waals surface area (Å²) in [5, 5.41) is 9.64. The summed E-state index contributed by atoms with van der Waals surface area (Å²) in [5.74, 6) is -0.210. The summed E-state index contributed by atoms with van der Waals surface area (Å²) < 4.78 is 14.7. The highest BCUT2D eigenvalue weighted by Gasteiger charge is 2.19. The average molecular weight is 402 g/mol. The summed E-state index contributed by atoms with van der Waals surface area (Å²) in [5.41, 5.74) is 2.60. The van der Waals surface area contributed by atoms with Crippen molar-refractivity contribution in [3.63, 3.8) is 0 Å². The first-order chi connectivity index (χ1) is 13.3. The standard InChI is InChI=1S/C20H27N3O4Si/c1-26-16-7-5-15(6-8-16)12-23-18(20(24)25)11-17-19(23)22(13-21-17)14-27-9-10-28(2,3)4/h5-8,11,13H,9-10,12,14H2,1-4H3,(H,24,25). The van der Waals surface area contributed by atoms with Crippen LogP contribution < -0.4 is 4.74 Å². The van der Waals surface area contributed by atoms with Gasteiger partial charge in [0.1, 0.15) is 29.3 Å². The van der Waals surface area contributed by atoms with E-state index in [1.165, 1.54) is 0 Å². The Morgan fingerprint density at radius 1 is 1.21 bits per heavy atom. The van der Waals surface area contributed by atoms with Gasteiger partial charge in [-0.25, -0.2) is 9.78 Å². The van der Waals surface area contributed by atoms with Gasteiger partial charge in [-0.15, -0.1) is 0 Å². The van der Waals surface area contributed by atoms with Crippen molar-refractivity contribution in [2.45, 2.75) is 39.0 Å². The van der Waals surface area contributed by atoms with E-state index in [9.17, 15) is 9.90 Å². The maximum absolute atomic E-state index is 11.8. The zero-order chi connectivity index (χ0) is 20.3. The molecule has 7 nitrogen and oxygen atoms in total. The molecule has 0 amide bonds. The van der Waals surface area contributed by atoms with Crippen LogP contribution in [-0.4, -0.2) is 47.0 Å². The third-order valence-corrected chi connectivity index (χ3v) is 6.31. The number of rotatable bonds is 9. The largest absolute Gasteiger partial charge is 0.497 e. The molecule has 2 heterocycles. The maximum Gasteiger partial charge on any atom is 0.352 e. The Hall–Kier alpha value is -2.58. The molecule has 1 N–H and O–H groups in total. The molecule has 0 aliphatic carbocycles. The molecule has 3 aromatic rings. The Balaban J connectivity index is 1.87. The van der Waals surface area contributed by atoms with E-state index in [0.29, 0.717) is 25.4 Å². The van der Waals surface area contributed by atoms with E-state index in [2.05, 4.69) is 24.6 Å². The van der Waals surface area contributed by atoms with E-state index >= 15 is 0 Å². The molecule has 8 heteroatoms. The lowest BCUT2D eigenvalue weighted by Gasteiger charge is -2.16. The number of fused-ring (bicyclic) bond motifs is 1. The normalized spacial score (nSPS) is 11.9. The number of carboxylic acid groups (broad SMARTS) is 1. The molecule has 3 rings (SSSR count). The monoisotopic (exact) mass is 401 g/mol. The Morgan fingerprint density at radius 2 is 1.93 bits per heavy atom. The average Bonchev–Trinajstić information content (AvgIpc) is 3.19. The number of carboxylic acids is 1. The van der Waals surface area contributed by atoms with E-state index in [0.717, 1.165) is 23.0 Å². The van der Waals surface area contributed by atoms with Crippen molar-refractivity contribution in [2.24, 2.45) is 0 Å². The van der Waals surface area contributed by atoms with Crippen LogP contribution in [-0.2, 0) is 18.0 Å². The molecule has 0 saturated carbocycles. The van der Waals surface area contributed by atoms with Crippen LogP contribution in [0, 0.1) is 0 Å². The van der Waals surface area contributed by atoms with Crippen molar-refractivity contribution in [1.29, 1.82) is 0 Å². The molecular formula is C20H27N3O4Si. The predicted octanol–water partition coefficient (Wildman–Crippen LogP) is 3.91. The van der Waals surface area contributed by atoms with E-state index < -0.39 is 14.0 Å². The smallest absolute Gasteiger partial charge is 0.352 e. The molecule has 0 fully saturated rings. The molecular weight excluding hydrogens is 374 g/mol. The first-order valence-electron chi connectivity index (χ1n) is 9.27. The molecule has 0 atom stereocenters. The highest BCUT2D eigenvalue weighted by Crippen LogP contribution is 2.22. The van der Waals surface area contributed by atoms with E-state index in [1.54, 1.807) is 24.1 Å². The minimum Gasteiger partial charge on any atom is -0.497 e. The molecule has 0 saturated heterocycles. The fourth-order valence-corrected chi connectivity index (χ4v) is 3.75. The fourth-order valence-electron chi connectivity index (χ4n) is 2.99. The van der Waals surface area contributed by atoms with E-state index in [1.807, 2.05) is 28.8 Å². The van der Waals surface area contributed by atoms with Crippen molar-refractivity contribution in [3.05, 3.63) is 47.9 Å². The molecule has 2 aromatic heterocycles. The van der Waals surface area contributed by atoms with E-state index in [-0.39, 0.29) is 5.69 Å². The van der Waals surface area contributed by atoms with Crippen molar-refractivity contribution in [1.82, 2.24) is 14.1 Å². The van der Waals surface area contributed by atoms with Crippen molar-refractivity contribution >= 4 is 25.2 Å². The Labute approximate surface area is 165 Å². The molecule has 28 heavy (non-hydrogen) atoms. The lowest BCUT2D eigenvalue weighted by atomic mass is 10.2. The number of aromatic carboxylic acids is 1. The van der Waals surface area contributed by atoms with Gasteiger partial charge in [-0.3, -0.25) is 4.57 Å². The number of aromatic nitrogens is 3. The van der Waals surface area contributed by atoms with Gasteiger partial charge in [0.05, 0.1) is 13.4 Å². The van der Waals surface area contributed by atoms with Gasteiger partial charge >= 0.3 is 5.97 Å². The zero-order valence-electron chi connectivity index (χ0n) is 16.8. The van der Waals surface area contributed by atoms with Crippen molar-refractivity contribution in [2.75, 3.05) is 13.7 Å². The first kappa shape index (κ1) is 20.2. The molecule has 0 aliphatic heterocycles. The van der Waals surface area contributed by atoms with Gasteiger partial charge in [-0.05, 0) is 29.8 Å². The summed E-state index contributed by atoms with van der Waals surface area (Å²) >= 11 is 0. The number of carbonyl (C=O) groups is 1. The Kier molecular flexibility index (Phi) is 5.90. The minimum absolute atomic E-state index is 0.213. The summed E-state index contributed by atoms with van der Waals surface area (Å²) in [6.45, 7) is 8.41. The van der Waals surface area contributed by atoms with Crippen LogP contribution in [0.15, 0.2) is 36.7 Å². The van der Waals surface area contributed by atoms with Crippen LogP contribution >= 0.6 is 0 Å². The van der Waals surface area contributed by atoms with Crippen LogP contribution in [0.25, 0.3) is 11.2 Å². The lowest BCUT2D eigenvalue weighted by Crippen LogP contribution is -2.22. The van der Waals surface area contributed by atoms with Gasteiger partial charge in [0.2, 0.25) is 0 Å². The van der Waals surface area contributed by atoms with Gasteiger partial charge in [0.25, 0.3) is 0 Å². The summed E-state index contributed by atoms with van der Waals surface area (Å²) in [6.07, 6.45) is 1.70. The van der Waals surface area contributed by atoms with Crippen LogP contribution in [0.2, 0.25) is 25.7 Å². The SMILES string of the molecule is COc1ccc(Cn2c(C(=O)O)cc3ncn(COCC[Si](C)(C)C)c32)cc1. The molecule has 0 unspecified atom stereocenters. The third kappa shape index (κ3) is 4.63. The number of hydrogen-bond acceptors (Lipinski definition) is 4. The quantitative estimate of drug-likeness (QED) is 0.434. The molecule has 0 aliphatic rings. The Morgan fingerprint density at radius 3 is 2.54 bits per heavy atom. The van der Waals surface area contributed by atoms with Crippen LogP contribution in [0.1, 0.15) is 16.1 Å². The predicted molar refractivity (Wildman–Crippen MR) is 111 cm³/mol. The van der Waals surface area contributed by atoms with Crippen LogP contribution in [0.4, 0.5) is 0 Å². The topological polar surface area (TPSA) is 78.5 Å². The third-order valence-electron chi connectivity index (χ3n) is 4.60. The highest BCUT2D eigenvalue weighted by molar-refractivity contribution is 6.76. The van der Waals surface area contributed by atoms with Crippen molar-refractivity contribution < 1.29 is 19.4 Å². The number of methoxy groups -OCH3 is 1. The molecule has 0 radical (unpaired) electrons. The van der Waals surface area contributed by atoms with Crippen molar-refractivity contribution in [3.8, 4) is 5.75 Å². The van der Waals surface area contributed by atoms with E-state index in [4.69, 9.17) is 9.47 Å². The van der Waals surface area contributed by atoms with Gasteiger partial charge in [0.15, 0.2) is 0 Å². The highest BCUT2D eigenvalue weighted by atomic mass is 28.3. The number of benzene rings is 1. The first-order valence-corrected chi connectivity index (χ1v) is 13.0. The second-order valence-corrected chi connectivity index (χ2v) is 13.7. The second-order valence-electron chi connectivity index (χ2n) is 8.04. The summed E-state index contributed by atoms with van der Waals surface area (Å²) in [7, 11) is 0.462. The minimum atomic E-state index is -1.16. The molecule has 0 spiro atoms. The summed E-state index contributed by atoms with van der Waals surface area (Å²) in [4.78, 5) is 16.1. The second kappa shape index (κ2) is 8.20. The van der Waals surface area contributed by atoms with Crippen LogP contribution in [0.5, 0.6) is 5.75 Å². The van der Waals surface area contributed by atoms with Gasteiger partial charge in [0, 0.05) is 21.2 Å². The van der Waals surface area contributed by atoms with Gasteiger partial charge in [-0.1, -0.05) is 31.8 Å². The van der Waals surface area contributed by atoms with Gasteiger partial charge < -0.3 is 19.1 Å². The van der Waals surface area contributed by atoms with Crippen LogP contribution in [0.3, 0.4) is 0 Å². The maximum atomic E-state index is 11.8. The van der Waals surface area contributed by atoms with Gasteiger partial charge in [-0.2, -0.15) is 0 Å². The molecule has 150 valence electrons. The number of imidazole rings is 1. The number of nitrogens with zero attached hydrogens (tertiary/aromatic N) is 3. The lowest BCUT2D eigenvalue weighted by molar-refractivity contribution is 0.0684. The Bertz CT molecular complexity index is 954. The number of hydrogen-bond donors (Lipinski definition) is 1. The zero-order valence-corrected chi connectivity index (χ0v) is 17.8.